The maximum absolute atomic E-state index is 12.3. The van der Waals surface area contributed by atoms with Crippen LogP contribution in [0.3, 0.4) is 0 Å². The number of anilines is 1. The van der Waals surface area contributed by atoms with Crippen molar-refractivity contribution in [3.05, 3.63) is 65.2 Å². The first kappa shape index (κ1) is 15.5. The molecule has 0 aliphatic heterocycles. The highest BCUT2D eigenvalue weighted by molar-refractivity contribution is 6.03. The normalized spacial score (nSPS) is 10.4. The largest absolute Gasteiger partial charge is 0.319 e. The van der Waals surface area contributed by atoms with E-state index in [1.54, 1.807) is 41.2 Å². The van der Waals surface area contributed by atoms with Gasteiger partial charge < -0.3 is 5.32 Å². The van der Waals surface area contributed by atoms with Gasteiger partial charge in [0.2, 0.25) is 0 Å². The highest BCUT2D eigenvalue weighted by atomic mass is 16.2. The SMILES string of the molecule is Cc1cc(C)n(Cn2ccc(C(=O)Nc3ccccc3C#N)n2)n1. The molecular formula is C17H16N6O. The first-order valence-electron chi connectivity index (χ1n) is 7.42. The summed E-state index contributed by atoms with van der Waals surface area (Å²) in [5.41, 5.74) is 3.12. The lowest BCUT2D eigenvalue weighted by atomic mass is 10.2. The van der Waals surface area contributed by atoms with Gasteiger partial charge in [-0.3, -0.25) is 9.48 Å². The summed E-state index contributed by atoms with van der Waals surface area (Å²) < 4.78 is 3.46. The third kappa shape index (κ3) is 3.17. The molecule has 24 heavy (non-hydrogen) atoms. The number of aryl methyl sites for hydroxylation is 2. The number of rotatable bonds is 4. The Labute approximate surface area is 139 Å². The summed E-state index contributed by atoms with van der Waals surface area (Å²) in [5.74, 6) is -0.357. The molecule has 0 atom stereocenters. The van der Waals surface area contributed by atoms with Crippen LogP contribution in [0, 0.1) is 25.2 Å². The molecule has 0 bridgehead atoms. The lowest BCUT2D eigenvalue weighted by Gasteiger charge is -2.06. The van der Waals surface area contributed by atoms with Gasteiger partial charge in [-0.05, 0) is 38.1 Å². The molecule has 7 nitrogen and oxygen atoms in total. The van der Waals surface area contributed by atoms with E-state index in [1.165, 1.54) is 0 Å². The van der Waals surface area contributed by atoms with E-state index in [0.29, 0.717) is 17.9 Å². The molecule has 2 aromatic heterocycles. The maximum Gasteiger partial charge on any atom is 0.276 e. The highest BCUT2D eigenvalue weighted by Crippen LogP contribution is 2.14. The zero-order valence-electron chi connectivity index (χ0n) is 13.4. The first-order valence-corrected chi connectivity index (χ1v) is 7.42. The van der Waals surface area contributed by atoms with E-state index in [0.717, 1.165) is 11.4 Å². The van der Waals surface area contributed by atoms with Crippen LogP contribution in [0.25, 0.3) is 0 Å². The highest BCUT2D eigenvalue weighted by Gasteiger charge is 2.12. The molecule has 0 spiro atoms. The number of carbonyl (C=O) groups is 1. The number of benzene rings is 1. The quantitative estimate of drug-likeness (QED) is 0.799. The van der Waals surface area contributed by atoms with Crippen molar-refractivity contribution in [1.29, 1.82) is 5.26 Å². The van der Waals surface area contributed by atoms with Crippen LogP contribution in [-0.4, -0.2) is 25.5 Å². The van der Waals surface area contributed by atoms with E-state index in [-0.39, 0.29) is 11.6 Å². The van der Waals surface area contributed by atoms with Crippen molar-refractivity contribution in [2.45, 2.75) is 20.5 Å². The fraction of sp³-hybridized carbons (Fsp3) is 0.176. The summed E-state index contributed by atoms with van der Waals surface area (Å²) in [5, 5.41) is 20.4. The molecule has 0 fully saturated rings. The Kier molecular flexibility index (Phi) is 4.12. The van der Waals surface area contributed by atoms with Gasteiger partial charge in [-0.25, -0.2) is 4.68 Å². The third-order valence-corrected chi connectivity index (χ3v) is 3.55. The molecule has 3 aromatic rings. The van der Waals surface area contributed by atoms with E-state index in [4.69, 9.17) is 5.26 Å². The second kappa shape index (κ2) is 6.38. The maximum atomic E-state index is 12.3. The van der Waals surface area contributed by atoms with Crippen LogP contribution < -0.4 is 5.32 Å². The molecule has 1 amide bonds. The number of hydrogen-bond donors (Lipinski definition) is 1. The minimum Gasteiger partial charge on any atom is -0.319 e. The Hall–Kier alpha value is -3.40. The number of carbonyl (C=O) groups excluding carboxylic acids is 1. The second-order valence-corrected chi connectivity index (χ2v) is 5.42. The Morgan fingerprint density at radius 1 is 1.25 bits per heavy atom. The molecule has 0 saturated carbocycles. The second-order valence-electron chi connectivity index (χ2n) is 5.42. The van der Waals surface area contributed by atoms with Crippen LogP contribution in [0.1, 0.15) is 27.4 Å². The lowest BCUT2D eigenvalue weighted by molar-refractivity contribution is 0.102. The Morgan fingerprint density at radius 2 is 2.04 bits per heavy atom. The van der Waals surface area contributed by atoms with Gasteiger partial charge in [0.15, 0.2) is 5.69 Å². The summed E-state index contributed by atoms with van der Waals surface area (Å²) in [6.45, 7) is 4.33. The summed E-state index contributed by atoms with van der Waals surface area (Å²) >= 11 is 0. The molecule has 2 heterocycles. The van der Waals surface area contributed by atoms with Crippen molar-refractivity contribution in [2.24, 2.45) is 0 Å². The average molecular weight is 320 g/mol. The van der Waals surface area contributed by atoms with Crippen LogP contribution in [0.2, 0.25) is 0 Å². The minimum atomic E-state index is -0.357. The van der Waals surface area contributed by atoms with Gasteiger partial charge in [0.25, 0.3) is 5.91 Å². The van der Waals surface area contributed by atoms with Crippen molar-refractivity contribution in [3.63, 3.8) is 0 Å². The number of nitrogens with one attached hydrogen (secondary N) is 1. The Bertz CT molecular complexity index is 931. The monoisotopic (exact) mass is 320 g/mol. The van der Waals surface area contributed by atoms with Gasteiger partial charge in [0.1, 0.15) is 12.7 Å². The molecule has 3 rings (SSSR count). The van der Waals surface area contributed by atoms with Crippen molar-refractivity contribution in [2.75, 3.05) is 5.32 Å². The molecular weight excluding hydrogens is 304 g/mol. The fourth-order valence-corrected chi connectivity index (χ4v) is 2.39. The number of nitriles is 1. The number of nitrogens with zero attached hydrogens (tertiary/aromatic N) is 5. The van der Waals surface area contributed by atoms with Crippen LogP contribution in [0.15, 0.2) is 42.6 Å². The van der Waals surface area contributed by atoms with Crippen molar-refractivity contribution < 1.29 is 4.79 Å². The molecule has 7 heteroatoms. The molecule has 0 unspecified atom stereocenters. The molecule has 0 aliphatic carbocycles. The number of hydrogen-bond acceptors (Lipinski definition) is 4. The Morgan fingerprint density at radius 3 is 2.75 bits per heavy atom. The van der Waals surface area contributed by atoms with Gasteiger partial charge in [-0.2, -0.15) is 15.5 Å². The summed E-state index contributed by atoms with van der Waals surface area (Å²) in [7, 11) is 0. The van der Waals surface area contributed by atoms with Gasteiger partial charge in [-0.1, -0.05) is 12.1 Å². The van der Waals surface area contributed by atoms with Gasteiger partial charge in [0, 0.05) is 11.9 Å². The van der Waals surface area contributed by atoms with E-state index < -0.39 is 0 Å². The van der Waals surface area contributed by atoms with Crippen molar-refractivity contribution in [3.8, 4) is 6.07 Å². The van der Waals surface area contributed by atoms with Crippen LogP contribution in [0.5, 0.6) is 0 Å². The third-order valence-electron chi connectivity index (χ3n) is 3.55. The standard InChI is InChI=1S/C17H16N6O/c1-12-9-13(2)23(20-12)11-22-8-7-16(21-22)17(24)19-15-6-4-3-5-14(15)10-18/h3-9H,11H2,1-2H3,(H,19,24). The molecule has 0 saturated heterocycles. The zero-order chi connectivity index (χ0) is 17.1. The molecule has 0 aliphatic rings. The molecule has 0 radical (unpaired) electrons. The van der Waals surface area contributed by atoms with Crippen LogP contribution in [0.4, 0.5) is 5.69 Å². The van der Waals surface area contributed by atoms with E-state index in [1.807, 2.05) is 30.7 Å². The molecule has 120 valence electrons. The Balaban J connectivity index is 1.74. The predicted octanol–water partition coefficient (Wildman–Crippen LogP) is 2.33. The summed E-state index contributed by atoms with van der Waals surface area (Å²) in [6, 6.07) is 12.5. The molecule has 1 N–H and O–H groups in total. The van der Waals surface area contributed by atoms with Crippen LogP contribution >= 0.6 is 0 Å². The summed E-state index contributed by atoms with van der Waals surface area (Å²) in [4.78, 5) is 12.3. The van der Waals surface area contributed by atoms with Gasteiger partial charge >= 0.3 is 0 Å². The first-order chi connectivity index (χ1) is 11.6. The average Bonchev–Trinajstić information content (AvgIpc) is 3.15. The van der Waals surface area contributed by atoms with Crippen molar-refractivity contribution >= 4 is 11.6 Å². The van der Waals surface area contributed by atoms with Gasteiger partial charge in [0.05, 0.1) is 16.9 Å². The minimum absolute atomic E-state index is 0.282. The number of para-hydroxylation sites is 1. The van der Waals surface area contributed by atoms with Gasteiger partial charge in [-0.15, -0.1) is 0 Å². The summed E-state index contributed by atoms with van der Waals surface area (Å²) in [6.07, 6.45) is 1.72. The zero-order valence-corrected chi connectivity index (χ0v) is 13.4. The van der Waals surface area contributed by atoms with E-state index >= 15 is 0 Å². The molecule has 1 aromatic carbocycles. The van der Waals surface area contributed by atoms with E-state index in [2.05, 4.69) is 15.5 Å². The predicted molar refractivity (Wildman–Crippen MR) is 88.4 cm³/mol. The number of aromatic nitrogens is 4. The van der Waals surface area contributed by atoms with Crippen molar-refractivity contribution in [1.82, 2.24) is 19.6 Å². The number of amides is 1. The fourth-order valence-electron chi connectivity index (χ4n) is 2.39. The van der Waals surface area contributed by atoms with Crippen LogP contribution in [-0.2, 0) is 6.67 Å². The smallest absolute Gasteiger partial charge is 0.276 e. The van der Waals surface area contributed by atoms with E-state index in [9.17, 15) is 4.79 Å². The lowest BCUT2D eigenvalue weighted by Crippen LogP contribution is -2.16. The topological polar surface area (TPSA) is 88.5 Å².